The van der Waals surface area contributed by atoms with Crippen LogP contribution < -0.4 is 20.2 Å². The van der Waals surface area contributed by atoms with E-state index in [1.807, 2.05) is 13.8 Å². The lowest BCUT2D eigenvalue weighted by atomic mass is 10.2. The average Bonchev–Trinajstić information content (AvgIpc) is 2.80. The maximum atomic E-state index is 13.4. The molecule has 0 fully saturated rings. The Hall–Kier alpha value is -3.85. The van der Waals surface area contributed by atoms with Crippen LogP contribution in [0.15, 0.2) is 82.8 Å². The Balaban J connectivity index is 1.84. The second-order valence-electron chi connectivity index (χ2n) is 7.17. The van der Waals surface area contributed by atoms with E-state index in [0.29, 0.717) is 29.3 Å². The normalized spacial score (nSPS) is 11.3. The molecule has 172 valence electrons. The van der Waals surface area contributed by atoms with Gasteiger partial charge in [0, 0.05) is 11.3 Å². The number of nitrogens with zero attached hydrogens (tertiary/aromatic N) is 2. The van der Waals surface area contributed by atoms with Crippen LogP contribution in [0.5, 0.6) is 5.75 Å². The summed E-state index contributed by atoms with van der Waals surface area (Å²) in [6.45, 7) is 3.75. The Morgan fingerprint density at radius 1 is 1.06 bits per heavy atom. The van der Waals surface area contributed by atoms with E-state index in [1.54, 1.807) is 60.7 Å². The SMILES string of the molecule is CCOc1ccc(S(=O)(=O)N(CC(=O)N/N=C\c2ccccc2N)c2ccc(C)cc2)cc1. The summed E-state index contributed by atoms with van der Waals surface area (Å²) in [6, 6.07) is 20.0. The third-order valence-electron chi connectivity index (χ3n) is 4.72. The van der Waals surface area contributed by atoms with Crippen molar-refractivity contribution in [2.45, 2.75) is 18.7 Å². The van der Waals surface area contributed by atoms with Crippen molar-refractivity contribution in [3.63, 3.8) is 0 Å². The highest BCUT2D eigenvalue weighted by Gasteiger charge is 2.27. The number of carbonyl (C=O) groups is 1. The summed E-state index contributed by atoms with van der Waals surface area (Å²) in [5.41, 5.74) is 10.7. The van der Waals surface area contributed by atoms with Crippen molar-refractivity contribution >= 4 is 33.5 Å². The van der Waals surface area contributed by atoms with Crippen molar-refractivity contribution < 1.29 is 17.9 Å². The summed E-state index contributed by atoms with van der Waals surface area (Å²) in [5, 5.41) is 3.91. The van der Waals surface area contributed by atoms with Gasteiger partial charge in [0.25, 0.3) is 15.9 Å². The summed E-state index contributed by atoms with van der Waals surface area (Å²) in [5.74, 6) is -0.0403. The molecular formula is C24H26N4O4S. The molecule has 9 heteroatoms. The van der Waals surface area contributed by atoms with E-state index in [-0.39, 0.29) is 4.90 Å². The molecule has 1 amide bonds. The predicted octanol–water partition coefficient (Wildman–Crippen LogP) is 3.32. The molecule has 0 aliphatic heterocycles. The van der Waals surface area contributed by atoms with Gasteiger partial charge in [0.05, 0.1) is 23.4 Å². The first-order valence-corrected chi connectivity index (χ1v) is 11.7. The fourth-order valence-corrected chi connectivity index (χ4v) is 4.42. The Labute approximate surface area is 193 Å². The fraction of sp³-hybridized carbons (Fsp3) is 0.167. The Morgan fingerprint density at radius 3 is 2.36 bits per heavy atom. The van der Waals surface area contributed by atoms with Crippen LogP contribution in [0, 0.1) is 6.92 Å². The molecule has 0 unspecified atom stereocenters. The molecule has 0 bridgehead atoms. The van der Waals surface area contributed by atoms with Crippen molar-refractivity contribution in [2.24, 2.45) is 5.10 Å². The Morgan fingerprint density at radius 2 is 1.73 bits per heavy atom. The van der Waals surface area contributed by atoms with Gasteiger partial charge in [0.15, 0.2) is 0 Å². The average molecular weight is 467 g/mol. The molecule has 0 saturated heterocycles. The number of sulfonamides is 1. The number of nitrogens with one attached hydrogen (secondary N) is 1. The van der Waals surface area contributed by atoms with E-state index in [4.69, 9.17) is 10.5 Å². The lowest BCUT2D eigenvalue weighted by molar-refractivity contribution is -0.119. The monoisotopic (exact) mass is 466 g/mol. The van der Waals surface area contributed by atoms with Crippen LogP contribution >= 0.6 is 0 Å². The zero-order chi connectivity index (χ0) is 23.8. The maximum absolute atomic E-state index is 13.4. The Kier molecular flexibility index (Phi) is 7.68. The Bertz CT molecular complexity index is 1220. The van der Waals surface area contributed by atoms with Gasteiger partial charge in [0.2, 0.25) is 0 Å². The van der Waals surface area contributed by atoms with Gasteiger partial charge in [-0.25, -0.2) is 13.8 Å². The summed E-state index contributed by atoms with van der Waals surface area (Å²) in [6.07, 6.45) is 1.41. The van der Waals surface area contributed by atoms with E-state index in [0.717, 1.165) is 9.87 Å². The number of hydrogen-bond acceptors (Lipinski definition) is 6. The number of hydrogen-bond donors (Lipinski definition) is 2. The molecule has 0 heterocycles. The molecule has 3 rings (SSSR count). The molecule has 33 heavy (non-hydrogen) atoms. The third-order valence-corrected chi connectivity index (χ3v) is 6.51. The van der Waals surface area contributed by atoms with Gasteiger partial charge in [-0.15, -0.1) is 0 Å². The molecule has 0 aliphatic rings. The number of para-hydroxylation sites is 1. The summed E-state index contributed by atoms with van der Waals surface area (Å²) in [4.78, 5) is 12.6. The first-order valence-electron chi connectivity index (χ1n) is 10.3. The highest BCUT2D eigenvalue weighted by Crippen LogP contribution is 2.25. The van der Waals surface area contributed by atoms with E-state index < -0.39 is 22.5 Å². The molecule has 0 atom stereocenters. The van der Waals surface area contributed by atoms with E-state index in [2.05, 4.69) is 10.5 Å². The van der Waals surface area contributed by atoms with Gasteiger partial charge in [0.1, 0.15) is 12.3 Å². The van der Waals surface area contributed by atoms with Crippen molar-refractivity contribution in [1.82, 2.24) is 5.43 Å². The summed E-state index contributed by atoms with van der Waals surface area (Å²) >= 11 is 0. The van der Waals surface area contributed by atoms with E-state index in [9.17, 15) is 13.2 Å². The highest BCUT2D eigenvalue weighted by molar-refractivity contribution is 7.92. The van der Waals surface area contributed by atoms with Crippen molar-refractivity contribution in [3.8, 4) is 5.75 Å². The minimum absolute atomic E-state index is 0.0416. The molecular weight excluding hydrogens is 440 g/mol. The second kappa shape index (κ2) is 10.6. The molecule has 0 radical (unpaired) electrons. The first kappa shape index (κ1) is 23.8. The topological polar surface area (TPSA) is 114 Å². The zero-order valence-electron chi connectivity index (χ0n) is 18.4. The van der Waals surface area contributed by atoms with Crippen molar-refractivity contribution in [2.75, 3.05) is 23.2 Å². The van der Waals surface area contributed by atoms with Crippen LogP contribution in [0.1, 0.15) is 18.1 Å². The van der Waals surface area contributed by atoms with Gasteiger partial charge < -0.3 is 10.5 Å². The van der Waals surface area contributed by atoms with Crippen LogP contribution in [0.3, 0.4) is 0 Å². The third kappa shape index (κ3) is 6.11. The van der Waals surface area contributed by atoms with Gasteiger partial charge in [-0.2, -0.15) is 5.10 Å². The number of benzene rings is 3. The number of rotatable bonds is 9. The van der Waals surface area contributed by atoms with Gasteiger partial charge >= 0.3 is 0 Å². The summed E-state index contributed by atoms with van der Waals surface area (Å²) < 4.78 is 33.3. The summed E-state index contributed by atoms with van der Waals surface area (Å²) in [7, 11) is -4.03. The van der Waals surface area contributed by atoms with Crippen LogP contribution in [-0.4, -0.2) is 33.7 Å². The van der Waals surface area contributed by atoms with Gasteiger partial charge in [-0.1, -0.05) is 35.9 Å². The number of nitrogens with two attached hydrogens (primary N) is 1. The second-order valence-corrected chi connectivity index (χ2v) is 9.04. The molecule has 3 N–H and O–H groups in total. The maximum Gasteiger partial charge on any atom is 0.264 e. The molecule has 3 aromatic rings. The van der Waals surface area contributed by atoms with E-state index in [1.165, 1.54) is 18.3 Å². The molecule has 0 spiro atoms. The fourth-order valence-electron chi connectivity index (χ4n) is 3.00. The van der Waals surface area contributed by atoms with Crippen LogP contribution in [0.2, 0.25) is 0 Å². The number of anilines is 2. The first-order chi connectivity index (χ1) is 15.8. The number of carbonyl (C=O) groups excluding carboxylic acids is 1. The predicted molar refractivity (Wildman–Crippen MR) is 130 cm³/mol. The van der Waals surface area contributed by atoms with E-state index >= 15 is 0 Å². The molecule has 0 saturated carbocycles. The highest BCUT2D eigenvalue weighted by atomic mass is 32.2. The van der Waals surface area contributed by atoms with Crippen molar-refractivity contribution in [3.05, 3.63) is 83.9 Å². The zero-order valence-corrected chi connectivity index (χ0v) is 19.2. The lowest BCUT2D eigenvalue weighted by Gasteiger charge is -2.24. The van der Waals surface area contributed by atoms with Crippen LogP contribution in [-0.2, 0) is 14.8 Å². The quantitative estimate of drug-likeness (QED) is 0.285. The number of hydrazone groups is 1. The van der Waals surface area contributed by atoms with Crippen LogP contribution in [0.4, 0.5) is 11.4 Å². The molecule has 8 nitrogen and oxygen atoms in total. The molecule has 3 aromatic carbocycles. The lowest BCUT2D eigenvalue weighted by Crippen LogP contribution is -2.39. The number of amides is 1. The number of ether oxygens (including phenoxy) is 1. The van der Waals surface area contributed by atoms with Crippen molar-refractivity contribution in [1.29, 1.82) is 0 Å². The standard InChI is InChI=1S/C24H26N4O4S/c1-3-32-21-12-14-22(15-13-21)33(30,31)28(20-10-8-18(2)9-11-20)17-24(29)27-26-16-19-6-4-5-7-23(19)25/h4-16H,3,17,25H2,1-2H3,(H,27,29)/b26-16-. The minimum atomic E-state index is -4.03. The molecule has 0 aliphatic carbocycles. The minimum Gasteiger partial charge on any atom is -0.494 e. The van der Waals surface area contributed by atoms with Crippen LogP contribution in [0.25, 0.3) is 0 Å². The number of aryl methyl sites for hydroxylation is 1. The molecule has 0 aromatic heterocycles. The van der Waals surface area contributed by atoms with Gasteiger partial charge in [-0.05, 0) is 56.3 Å². The smallest absolute Gasteiger partial charge is 0.264 e. The van der Waals surface area contributed by atoms with Gasteiger partial charge in [-0.3, -0.25) is 9.10 Å². The largest absolute Gasteiger partial charge is 0.494 e. The number of nitrogen functional groups attached to an aromatic ring is 1.